The topological polar surface area (TPSA) is 43.1 Å². The second kappa shape index (κ2) is 5.97. The molecule has 0 aromatic carbocycles. The second-order valence-corrected chi connectivity index (χ2v) is 4.26. The number of hydrogen-bond donors (Lipinski definition) is 1. The normalized spacial score (nSPS) is 27.2. The van der Waals surface area contributed by atoms with Gasteiger partial charge in [-0.15, -0.1) is 6.58 Å². The number of rotatable bonds is 5. The second-order valence-electron chi connectivity index (χ2n) is 4.26. The average Bonchev–Trinajstić information content (AvgIpc) is 2.19. The van der Waals surface area contributed by atoms with Crippen molar-refractivity contribution in [2.24, 2.45) is 11.7 Å². The Kier molecular flexibility index (Phi) is 4.88. The number of hydrogen-bond acceptors (Lipinski definition) is 2. The fourth-order valence-corrected chi connectivity index (χ4v) is 2.07. The molecule has 1 saturated carbocycles. The first kappa shape index (κ1) is 11.4. The zero-order valence-electron chi connectivity index (χ0n) is 8.87. The largest absolute Gasteiger partial charge is 0.328 e. The third-order valence-electron chi connectivity index (χ3n) is 3.06. The highest BCUT2D eigenvalue weighted by Crippen LogP contribution is 2.25. The van der Waals surface area contributed by atoms with Gasteiger partial charge in [0.05, 0.1) is 0 Å². The Balaban J connectivity index is 2.20. The van der Waals surface area contributed by atoms with Crippen molar-refractivity contribution in [2.75, 3.05) is 0 Å². The van der Waals surface area contributed by atoms with E-state index in [0.29, 0.717) is 17.7 Å². The highest BCUT2D eigenvalue weighted by Gasteiger charge is 2.23. The lowest BCUT2D eigenvalue weighted by Crippen LogP contribution is -2.29. The fourth-order valence-electron chi connectivity index (χ4n) is 2.07. The lowest BCUT2D eigenvalue weighted by Gasteiger charge is -2.24. The average molecular weight is 195 g/mol. The lowest BCUT2D eigenvalue weighted by molar-refractivity contribution is -0.123. The van der Waals surface area contributed by atoms with E-state index >= 15 is 0 Å². The van der Waals surface area contributed by atoms with Crippen LogP contribution >= 0.6 is 0 Å². The van der Waals surface area contributed by atoms with Crippen LogP contribution in [0, 0.1) is 5.92 Å². The van der Waals surface area contributed by atoms with E-state index in [1.807, 2.05) is 6.08 Å². The number of unbranched alkanes of at least 4 members (excludes halogenated alkanes) is 1. The molecule has 0 unspecified atom stereocenters. The fraction of sp³-hybridized carbons (Fsp3) is 0.750. The Labute approximate surface area is 86.6 Å². The van der Waals surface area contributed by atoms with E-state index in [2.05, 4.69) is 6.58 Å². The first-order valence-corrected chi connectivity index (χ1v) is 5.63. The summed E-state index contributed by atoms with van der Waals surface area (Å²) < 4.78 is 0. The van der Waals surface area contributed by atoms with Crippen molar-refractivity contribution in [1.29, 1.82) is 0 Å². The van der Waals surface area contributed by atoms with Crippen LogP contribution in [0.1, 0.15) is 44.9 Å². The number of allylic oxidation sites excluding steroid dienone is 1. The molecule has 0 amide bonds. The van der Waals surface area contributed by atoms with Gasteiger partial charge in [-0.05, 0) is 38.5 Å². The van der Waals surface area contributed by atoms with Gasteiger partial charge in [0.25, 0.3) is 0 Å². The minimum Gasteiger partial charge on any atom is -0.328 e. The SMILES string of the molecule is C=CCCCC(=O)C1CCC(N)CC1. The molecule has 1 fully saturated rings. The van der Waals surface area contributed by atoms with Crippen LogP contribution in [0.3, 0.4) is 0 Å². The van der Waals surface area contributed by atoms with E-state index in [1.54, 1.807) is 0 Å². The molecule has 0 radical (unpaired) electrons. The Hall–Kier alpha value is -0.630. The maximum absolute atomic E-state index is 11.7. The summed E-state index contributed by atoms with van der Waals surface area (Å²) in [5.74, 6) is 0.748. The molecule has 1 aliphatic carbocycles. The standard InChI is InChI=1S/C12H21NO/c1-2-3-4-5-12(14)10-6-8-11(13)9-7-10/h2,10-11H,1,3-9,13H2. The molecule has 0 atom stereocenters. The van der Waals surface area contributed by atoms with E-state index in [1.165, 1.54) is 0 Å². The van der Waals surface area contributed by atoms with Crippen LogP contribution in [-0.4, -0.2) is 11.8 Å². The summed E-state index contributed by atoms with van der Waals surface area (Å²) in [7, 11) is 0. The highest BCUT2D eigenvalue weighted by atomic mass is 16.1. The Morgan fingerprint density at radius 1 is 1.36 bits per heavy atom. The summed E-state index contributed by atoms with van der Waals surface area (Å²) in [6.07, 6.45) is 8.59. The smallest absolute Gasteiger partial charge is 0.135 e. The van der Waals surface area contributed by atoms with Crippen LogP contribution in [0.25, 0.3) is 0 Å². The third-order valence-corrected chi connectivity index (χ3v) is 3.06. The Morgan fingerprint density at radius 2 is 2.00 bits per heavy atom. The van der Waals surface area contributed by atoms with Crippen molar-refractivity contribution in [3.63, 3.8) is 0 Å². The van der Waals surface area contributed by atoms with E-state index < -0.39 is 0 Å². The molecule has 0 aromatic rings. The molecule has 2 N–H and O–H groups in total. The number of carbonyl (C=O) groups is 1. The van der Waals surface area contributed by atoms with Crippen LogP contribution in [-0.2, 0) is 4.79 Å². The Morgan fingerprint density at radius 3 is 2.57 bits per heavy atom. The van der Waals surface area contributed by atoms with E-state index in [0.717, 1.165) is 44.9 Å². The molecule has 0 saturated heterocycles. The van der Waals surface area contributed by atoms with Crippen molar-refractivity contribution in [2.45, 2.75) is 51.0 Å². The number of Topliss-reactive ketones (excluding diaryl/α,β-unsaturated/α-hetero) is 1. The summed E-state index contributed by atoms with van der Waals surface area (Å²) in [5.41, 5.74) is 5.79. The molecule has 14 heavy (non-hydrogen) atoms. The molecule has 0 aromatic heterocycles. The van der Waals surface area contributed by atoms with Gasteiger partial charge in [0, 0.05) is 18.4 Å². The zero-order valence-corrected chi connectivity index (χ0v) is 8.87. The number of nitrogens with two attached hydrogens (primary N) is 1. The third kappa shape index (κ3) is 3.62. The maximum Gasteiger partial charge on any atom is 0.135 e. The first-order valence-electron chi connectivity index (χ1n) is 5.63. The van der Waals surface area contributed by atoms with Gasteiger partial charge in [-0.3, -0.25) is 4.79 Å². The quantitative estimate of drug-likeness (QED) is 0.541. The van der Waals surface area contributed by atoms with Crippen LogP contribution in [0.2, 0.25) is 0 Å². The van der Waals surface area contributed by atoms with Crippen molar-refractivity contribution in [3.05, 3.63) is 12.7 Å². The first-order chi connectivity index (χ1) is 6.74. The van der Waals surface area contributed by atoms with E-state index in [-0.39, 0.29) is 0 Å². The van der Waals surface area contributed by atoms with Gasteiger partial charge < -0.3 is 5.73 Å². The predicted octanol–water partition coefficient (Wildman–Crippen LogP) is 2.43. The van der Waals surface area contributed by atoms with Crippen molar-refractivity contribution in [3.8, 4) is 0 Å². The molecular weight excluding hydrogens is 174 g/mol. The number of carbonyl (C=O) groups excluding carboxylic acids is 1. The van der Waals surface area contributed by atoms with Gasteiger partial charge in [-0.2, -0.15) is 0 Å². The summed E-state index contributed by atoms with van der Waals surface area (Å²) in [4.78, 5) is 11.7. The van der Waals surface area contributed by atoms with Crippen LogP contribution in [0.5, 0.6) is 0 Å². The molecule has 0 aliphatic heterocycles. The zero-order chi connectivity index (χ0) is 10.4. The van der Waals surface area contributed by atoms with Gasteiger partial charge in [0.2, 0.25) is 0 Å². The van der Waals surface area contributed by atoms with Crippen LogP contribution in [0.15, 0.2) is 12.7 Å². The molecule has 0 bridgehead atoms. The maximum atomic E-state index is 11.7. The van der Waals surface area contributed by atoms with Gasteiger partial charge in [-0.25, -0.2) is 0 Å². The highest BCUT2D eigenvalue weighted by molar-refractivity contribution is 5.81. The summed E-state index contributed by atoms with van der Waals surface area (Å²) in [5, 5.41) is 0. The lowest BCUT2D eigenvalue weighted by atomic mass is 9.82. The molecule has 0 heterocycles. The minimum atomic E-state index is 0.305. The van der Waals surface area contributed by atoms with Crippen molar-refractivity contribution >= 4 is 5.78 Å². The molecule has 2 nitrogen and oxygen atoms in total. The van der Waals surface area contributed by atoms with Crippen LogP contribution < -0.4 is 5.73 Å². The van der Waals surface area contributed by atoms with E-state index in [4.69, 9.17) is 5.73 Å². The summed E-state index contributed by atoms with van der Waals surface area (Å²) in [6.45, 7) is 3.65. The molecule has 80 valence electrons. The van der Waals surface area contributed by atoms with Gasteiger partial charge in [0.15, 0.2) is 0 Å². The molecular formula is C12H21NO. The molecule has 1 aliphatic rings. The molecule has 1 rings (SSSR count). The Bertz CT molecular complexity index is 192. The van der Waals surface area contributed by atoms with Gasteiger partial charge in [0.1, 0.15) is 5.78 Å². The summed E-state index contributed by atoms with van der Waals surface area (Å²) >= 11 is 0. The predicted molar refractivity (Wildman–Crippen MR) is 59.0 cm³/mol. The van der Waals surface area contributed by atoms with E-state index in [9.17, 15) is 4.79 Å². The minimum absolute atomic E-state index is 0.305. The van der Waals surface area contributed by atoms with Crippen LogP contribution in [0.4, 0.5) is 0 Å². The van der Waals surface area contributed by atoms with Crippen molar-refractivity contribution < 1.29 is 4.79 Å². The molecule has 0 spiro atoms. The van der Waals surface area contributed by atoms with Gasteiger partial charge >= 0.3 is 0 Å². The van der Waals surface area contributed by atoms with Gasteiger partial charge in [-0.1, -0.05) is 6.08 Å². The number of ketones is 1. The summed E-state index contributed by atoms with van der Waals surface area (Å²) in [6, 6.07) is 0.340. The van der Waals surface area contributed by atoms with Crippen molar-refractivity contribution in [1.82, 2.24) is 0 Å². The monoisotopic (exact) mass is 195 g/mol. The molecule has 2 heteroatoms.